The number of anilines is 1. The summed E-state index contributed by atoms with van der Waals surface area (Å²) < 4.78 is 4.90. The summed E-state index contributed by atoms with van der Waals surface area (Å²) in [4.78, 5) is 3.84. The van der Waals surface area contributed by atoms with Crippen LogP contribution in [-0.2, 0) is 0 Å². The molecule has 0 unspecified atom stereocenters. The smallest absolute Gasteiger partial charge is 0.166 e. The fourth-order valence-corrected chi connectivity index (χ4v) is 0.659. The lowest BCUT2D eigenvalue weighted by molar-refractivity contribution is 0.415. The van der Waals surface area contributed by atoms with Crippen molar-refractivity contribution in [1.82, 2.24) is 4.98 Å². The van der Waals surface area contributed by atoms with Crippen LogP contribution in [-0.4, -0.2) is 12.1 Å². The third-order valence-corrected chi connectivity index (χ3v) is 1.16. The zero-order valence-corrected chi connectivity index (χ0v) is 5.79. The van der Waals surface area contributed by atoms with Crippen molar-refractivity contribution in [2.24, 2.45) is 0 Å². The molecule has 0 aromatic carbocycles. The van der Waals surface area contributed by atoms with Crippen LogP contribution in [0.3, 0.4) is 0 Å². The normalized spacial score (nSPS) is 9.40. The van der Waals surface area contributed by atoms with E-state index in [-0.39, 0.29) is 0 Å². The molecule has 10 heavy (non-hydrogen) atoms. The maximum Gasteiger partial charge on any atom is 0.166 e. The number of hydrogen-bond donors (Lipinski definition) is 1. The second-order valence-electron chi connectivity index (χ2n) is 1.93. The van der Waals surface area contributed by atoms with Crippen molar-refractivity contribution in [2.45, 2.75) is 0 Å². The molecule has 0 atom stereocenters. The van der Waals surface area contributed by atoms with E-state index in [0.29, 0.717) is 11.6 Å². The highest BCUT2D eigenvalue weighted by molar-refractivity contribution is 5.47. The topological polar surface area (TPSA) is 48.1 Å². The standard InChI is InChI=1S/C7H9N2O/c1-5-3-6(10-2)7(8)9-4-5/h3-4H,1H2,2H3,(H2,8,9). The van der Waals surface area contributed by atoms with Crippen LogP contribution in [0.2, 0.25) is 0 Å². The number of rotatable bonds is 1. The molecule has 0 aliphatic carbocycles. The van der Waals surface area contributed by atoms with Crippen LogP contribution < -0.4 is 10.5 Å². The summed E-state index contributed by atoms with van der Waals surface area (Å²) in [6, 6.07) is 1.74. The van der Waals surface area contributed by atoms with Crippen LogP contribution >= 0.6 is 0 Å². The highest BCUT2D eigenvalue weighted by Gasteiger charge is 1.97. The lowest BCUT2D eigenvalue weighted by Crippen LogP contribution is -1.95. The number of nitrogens with two attached hydrogens (primary N) is 1. The molecular weight excluding hydrogens is 128 g/mol. The van der Waals surface area contributed by atoms with E-state index < -0.39 is 0 Å². The highest BCUT2D eigenvalue weighted by atomic mass is 16.5. The van der Waals surface area contributed by atoms with Crippen molar-refractivity contribution < 1.29 is 4.74 Å². The van der Waals surface area contributed by atoms with Crippen molar-refractivity contribution in [2.75, 3.05) is 12.8 Å². The Balaban J connectivity index is 3.09. The molecule has 53 valence electrons. The Bertz CT molecular complexity index is 235. The molecule has 0 fully saturated rings. The maximum atomic E-state index is 5.44. The van der Waals surface area contributed by atoms with Gasteiger partial charge in [0.1, 0.15) is 0 Å². The van der Waals surface area contributed by atoms with Gasteiger partial charge in [-0.3, -0.25) is 0 Å². The van der Waals surface area contributed by atoms with Gasteiger partial charge in [0.15, 0.2) is 11.6 Å². The van der Waals surface area contributed by atoms with E-state index >= 15 is 0 Å². The van der Waals surface area contributed by atoms with E-state index in [1.165, 1.54) is 0 Å². The molecule has 1 heterocycles. The summed E-state index contributed by atoms with van der Waals surface area (Å²) in [5, 5.41) is 0. The summed E-state index contributed by atoms with van der Waals surface area (Å²) in [6.45, 7) is 3.67. The van der Waals surface area contributed by atoms with Crippen molar-refractivity contribution in [3.8, 4) is 5.75 Å². The number of pyridine rings is 1. The van der Waals surface area contributed by atoms with Gasteiger partial charge < -0.3 is 10.5 Å². The van der Waals surface area contributed by atoms with Gasteiger partial charge in [0, 0.05) is 6.20 Å². The summed E-state index contributed by atoms with van der Waals surface area (Å²) in [6.07, 6.45) is 1.60. The van der Waals surface area contributed by atoms with Gasteiger partial charge in [0.2, 0.25) is 0 Å². The Labute approximate surface area is 59.8 Å². The number of ether oxygens (including phenoxy) is 1. The fraction of sp³-hybridized carbons (Fsp3) is 0.143. The molecule has 0 saturated heterocycles. The predicted octanol–water partition coefficient (Wildman–Crippen LogP) is 0.855. The lowest BCUT2D eigenvalue weighted by atomic mass is 10.3. The van der Waals surface area contributed by atoms with Gasteiger partial charge in [-0.2, -0.15) is 0 Å². The Morgan fingerprint density at radius 3 is 2.90 bits per heavy atom. The molecule has 0 aliphatic heterocycles. The number of hydrogen-bond acceptors (Lipinski definition) is 3. The Morgan fingerprint density at radius 2 is 2.40 bits per heavy atom. The van der Waals surface area contributed by atoms with E-state index in [9.17, 15) is 0 Å². The van der Waals surface area contributed by atoms with E-state index in [4.69, 9.17) is 10.5 Å². The van der Waals surface area contributed by atoms with Crippen molar-refractivity contribution in [1.29, 1.82) is 0 Å². The number of nitrogen functional groups attached to an aromatic ring is 1. The van der Waals surface area contributed by atoms with E-state index in [1.807, 2.05) is 0 Å². The lowest BCUT2D eigenvalue weighted by Gasteiger charge is -2.02. The largest absolute Gasteiger partial charge is 0.493 e. The quantitative estimate of drug-likeness (QED) is 0.624. The van der Waals surface area contributed by atoms with E-state index in [0.717, 1.165) is 5.56 Å². The van der Waals surface area contributed by atoms with Crippen LogP contribution in [0.15, 0.2) is 12.3 Å². The van der Waals surface area contributed by atoms with E-state index in [1.54, 1.807) is 19.4 Å². The average molecular weight is 137 g/mol. The molecule has 0 spiro atoms. The van der Waals surface area contributed by atoms with Crippen LogP contribution in [0.5, 0.6) is 5.75 Å². The average Bonchev–Trinajstić information content (AvgIpc) is 1.94. The molecule has 1 aromatic rings. The van der Waals surface area contributed by atoms with Gasteiger partial charge in [-0.05, 0) is 18.6 Å². The van der Waals surface area contributed by atoms with Crippen LogP contribution in [0.1, 0.15) is 5.56 Å². The minimum Gasteiger partial charge on any atom is -0.493 e. The van der Waals surface area contributed by atoms with Crippen molar-refractivity contribution in [3.05, 3.63) is 24.8 Å². The second-order valence-corrected chi connectivity index (χ2v) is 1.93. The van der Waals surface area contributed by atoms with Gasteiger partial charge >= 0.3 is 0 Å². The van der Waals surface area contributed by atoms with Crippen LogP contribution in [0, 0.1) is 6.92 Å². The van der Waals surface area contributed by atoms with Gasteiger partial charge in [-0.1, -0.05) is 0 Å². The van der Waals surface area contributed by atoms with Gasteiger partial charge in [0.05, 0.1) is 7.11 Å². The molecular formula is C7H9N2O. The Kier molecular flexibility index (Phi) is 1.76. The molecule has 0 amide bonds. The molecule has 1 radical (unpaired) electrons. The van der Waals surface area contributed by atoms with E-state index in [2.05, 4.69) is 11.9 Å². The van der Waals surface area contributed by atoms with Gasteiger partial charge in [0.25, 0.3) is 0 Å². The molecule has 2 N–H and O–H groups in total. The van der Waals surface area contributed by atoms with Crippen LogP contribution in [0.25, 0.3) is 0 Å². The molecule has 3 nitrogen and oxygen atoms in total. The zero-order chi connectivity index (χ0) is 7.56. The number of nitrogens with zero attached hydrogens (tertiary/aromatic N) is 1. The third kappa shape index (κ3) is 1.18. The first-order valence-corrected chi connectivity index (χ1v) is 2.85. The molecule has 1 rings (SSSR count). The first kappa shape index (κ1) is 6.86. The molecule has 3 heteroatoms. The van der Waals surface area contributed by atoms with Gasteiger partial charge in [-0.25, -0.2) is 4.98 Å². The molecule has 1 aromatic heterocycles. The maximum absolute atomic E-state index is 5.44. The monoisotopic (exact) mass is 137 g/mol. The summed E-state index contributed by atoms with van der Waals surface area (Å²) in [5.41, 5.74) is 6.23. The Morgan fingerprint density at radius 1 is 1.70 bits per heavy atom. The van der Waals surface area contributed by atoms with Gasteiger partial charge in [-0.15, -0.1) is 0 Å². The summed E-state index contributed by atoms with van der Waals surface area (Å²) in [5.74, 6) is 0.974. The first-order valence-electron chi connectivity index (χ1n) is 2.85. The zero-order valence-electron chi connectivity index (χ0n) is 5.79. The minimum atomic E-state index is 0.398. The predicted molar refractivity (Wildman–Crippen MR) is 39.7 cm³/mol. The van der Waals surface area contributed by atoms with Crippen molar-refractivity contribution >= 4 is 5.82 Å². The van der Waals surface area contributed by atoms with Crippen LogP contribution in [0.4, 0.5) is 5.82 Å². The first-order chi connectivity index (χ1) is 4.74. The Hall–Kier alpha value is -1.25. The number of methoxy groups -OCH3 is 1. The fourth-order valence-electron chi connectivity index (χ4n) is 0.659. The molecule has 0 bridgehead atoms. The minimum absolute atomic E-state index is 0.398. The summed E-state index contributed by atoms with van der Waals surface area (Å²) in [7, 11) is 1.55. The molecule has 0 saturated carbocycles. The third-order valence-electron chi connectivity index (χ3n) is 1.16. The summed E-state index contributed by atoms with van der Waals surface area (Å²) >= 11 is 0. The second kappa shape index (κ2) is 2.56. The SMILES string of the molecule is [CH2]c1cnc(N)c(OC)c1. The van der Waals surface area contributed by atoms with Crippen molar-refractivity contribution in [3.63, 3.8) is 0 Å². The highest BCUT2D eigenvalue weighted by Crippen LogP contribution is 2.17. The number of aromatic nitrogens is 1. The molecule has 0 aliphatic rings.